The van der Waals surface area contributed by atoms with Gasteiger partial charge in [-0.05, 0) is 57.8 Å². The van der Waals surface area contributed by atoms with Crippen molar-refractivity contribution < 1.29 is 0 Å². The number of nitrogens with zero attached hydrogens (tertiary/aromatic N) is 2. The average Bonchev–Trinajstić information content (AvgIpc) is 2.78. The highest BCUT2D eigenvalue weighted by Gasteiger charge is 2.16. The predicted octanol–water partition coefficient (Wildman–Crippen LogP) is 1.79. The van der Waals surface area contributed by atoms with Crippen molar-refractivity contribution in [3.8, 4) is 0 Å². The first-order chi connectivity index (χ1) is 8.88. The molecule has 1 atom stereocenters. The Balaban J connectivity index is 1.66. The van der Waals surface area contributed by atoms with Gasteiger partial charge in [0.25, 0.3) is 0 Å². The van der Waals surface area contributed by atoms with Crippen LogP contribution in [0.4, 0.5) is 0 Å². The van der Waals surface area contributed by atoms with Crippen LogP contribution in [0.25, 0.3) is 0 Å². The fraction of sp³-hybridized carbons (Fsp3) is 1.00. The molecule has 3 nitrogen and oxygen atoms in total. The Labute approximate surface area is 113 Å². The minimum Gasteiger partial charge on any atom is -0.315 e. The number of rotatable bonds is 4. The summed E-state index contributed by atoms with van der Waals surface area (Å²) in [6, 6.07) is 0. The molecule has 0 spiro atoms. The van der Waals surface area contributed by atoms with E-state index in [1.54, 1.807) is 0 Å². The molecule has 0 aromatic rings. The van der Waals surface area contributed by atoms with Gasteiger partial charge in [0.1, 0.15) is 0 Å². The SMILES string of the molecule is CCC1CCCN(CCN2CCCNCC2)CC1. The van der Waals surface area contributed by atoms with Crippen molar-refractivity contribution in [2.24, 2.45) is 5.92 Å². The molecule has 1 N–H and O–H groups in total. The molecule has 18 heavy (non-hydrogen) atoms. The zero-order valence-corrected chi connectivity index (χ0v) is 12.2. The summed E-state index contributed by atoms with van der Waals surface area (Å²) in [6.07, 6.45) is 7.00. The van der Waals surface area contributed by atoms with E-state index in [4.69, 9.17) is 0 Å². The lowest BCUT2D eigenvalue weighted by atomic mass is 9.98. The molecule has 1 unspecified atom stereocenters. The molecule has 2 aliphatic heterocycles. The normalized spacial score (nSPS) is 28.8. The molecule has 2 rings (SSSR count). The molecule has 0 aromatic carbocycles. The summed E-state index contributed by atoms with van der Waals surface area (Å²) >= 11 is 0. The molecule has 0 bridgehead atoms. The van der Waals surface area contributed by atoms with Gasteiger partial charge in [-0.3, -0.25) is 0 Å². The van der Waals surface area contributed by atoms with E-state index in [0.29, 0.717) is 0 Å². The van der Waals surface area contributed by atoms with E-state index in [1.165, 1.54) is 84.5 Å². The summed E-state index contributed by atoms with van der Waals surface area (Å²) in [5, 5.41) is 3.48. The van der Waals surface area contributed by atoms with E-state index in [9.17, 15) is 0 Å². The van der Waals surface area contributed by atoms with Crippen molar-refractivity contribution in [3.63, 3.8) is 0 Å². The highest BCUT2D eigenvalue weighted by atomic mass is 15.2. The van der Waals surface area contributed by atoms with Gasteiger partial charge in [-0.25, -0.2) is 0 Å². The summed E-state index contributed by atoms with van der Waals surface area (Å²) in [5.41, 5.74) is 0. The van der Waals surface area contributed by atoms with Crippen LogP contribution < -0.4 is 5.32 Å². The molecule has 0 radical (unpaired) electrons. The molecular formula is C15H31N3. The minimum atomic E-state index is 0.998. The van der Waals surface area contributed by atoms with Gasteiger partial charge in [0, 0.05) is 26.2 Å². The van der Waals surface area contributed by atoms with Crippen LogP contribution in [0, 0.1) is 5.92 Å². The van der Waals surface area contributed by atoms with Crippen LogP contribution in [0.5, 0.6) is 0 Å². The standard InChI is InChI=1S/C15H31N3/c1-2-15-5-3-9-17(11-6-15)13-14-18-10-4-7-16-8-12-18/h15-16H,2-14H2,1H3. The van der Waals surface area contributed by atoms with Crippen LogP contribution in [0.1, 0.15) is 39.0 Å². The van der Waals surface area contributed by atoms with Gasteiger partial charge in [-0.2, -0.15) is 0 Å². The Morgan fingerprint density at radius 3 is 2.50 bits per heavy atom. The molecule has 0 saturated carbocycles. The van der Waals surface area contributed by atoms with E-state index < -0.39 is 0 Å². The Kier molecular flexibility index (Phi) is 6.46. The second kappa shape index (κ2) is 8.13. The number of hydrogen-bond donors (Lipinski definition) is 1. The van der Waals surface area contributed by atoms with Crippen molar-refractivity contribution >= 4 is 0 Å². The number of nitrogens with one attached hydrogen (secondary N) is 1. The molecule has 2 heterocycles. The summed E-state index contributed by atoms with van der Waals surface area (Å²) in [7, 11) is 0. The van der Waals surface area contributed by atoms with Gasteiger partial charge in [0.05, 0.1) is 0 Å². The largest absolute Gasteiger partial charge is 0.315 e. The highest BCUT2D eigenvalue weighted by molar-refractivity contribution is 4.72. The first-order valence-electron chi connectivity index (χ1n) is 8.04. The molecule has 106 valence electrons. The van der Waals surface area contributed by atoms with Crippen LogP contribution in [-0.2, 0) is 0 Å². The maximum absolute atomic E-state index is 3.48. The van der Waals surface area contributed by atoms with Crippen LogP contribution in [-0.4, -0.2) is 62.2 Å². The Morgan fingerprint density at radius 2 is 1.67 bits per heavy atom. The van der Waals surface area contributed by atoms with Crippen LogP contribution >= 0.6 is 0 Å². The molecule has 3 heteroatoms. The van der Waals surface area contributed by atoms with Gasteiger partial charge >= 0.3 is 0 Å². The maximum atomic E-state index is 3.48. The Bertz CT molecular complexity index is 212. The van der Waals surface area contributed by atoms with Crippen molar-refractivity contribution in [1.29, 1.82) is 0 Å². The maximum Gasteiger partial charge on any atom is 0.0110 e. The van der Waals surface area contributed by atoms with Crippen LogP contribution in [0.2, 0.25) is 0 Å². The van der Waals surface area contributed by atoms with E-state index in [2.05, 4.69) is 22.0 Å². The van der Waals surface area contributed by atoms with E-state index >= 15 is 0 Å². The average molecular weight is 253 g/mol. The van der Waals surface area contributed by atoms with Crippen molar-refractivity contribution in [2.45, 2.75) is 39.0 Å². The first kappa shape index (κ1) is 14.3. The lowest BCUT2D eigenvalue weighted by Gasteiger charge is -2.25. The highest BCUT2D eigenvalue weighted by Crippen LogP contribution is 2.19. The molecule has 0 aromatic heterocycles. The second-order valence-corrected chi connectivity index (χ2v) is 5.99. The summed E-state index contributed by atoms with van der Waals surface area (Å²) in [6.45, 7) is 12.5. The minimum absolute atomic E-state index is 0.998. The lowest BCUT2D eigenvalue weighted by Crippen LogP contribution is -2.37. The lowest BCUT2D eigenvalue weighted by molar-refractivity contribution is 0.213. The zero-order chi connectivity index (χ0) is 12.6. The number of hydrogen-bond acceptors (Lipinski definition) is 3. The third-order valence-electron chi connectivity index (χ3n) is 4.68. The summed E-state index contributed by atoms with van der Waals surface area (Å²) in [4.78, 5) is 5.34. The predicted molar refractivity (Wildman–Crippen MR) is 78.0 cm³/mol. The van der Waals surface area contributed by atoms with E-state index in [1.807, 2.05) is 0 Å². The Morgan fingerprint density at radius 1 is 0.889 bits per heavy atom. The molecule has 0 amide bonds. The summed E-state index contributed by atoms with van der Waals surface area (Å²) < 4.78 is 0. The number of likely N-dealkylation sites (tertiary alicyclic amines) is 1. The van der Waals surface area contributed by atoms with E-state index in [0.717, 1.165) is 5.92 Å². The topological polar surface area (TPSA) is 18.5 Å². The first-order valence-corrected chi connectivity index (χ1v) is 8.04. The van der Waals surface area contributed by atoms with E-state index in [-0.39, 0.29) is 0 Å². The zero-order valence-electron chi connectivity index (χ0n) is 12.2. The van der Waals surface area contributed by atoms with Crippen LogP contribution in [0.3, 0.4) is 0 Å². The van der Waals surface area contributed by atoms with Gasteiger partial charge in [0.15, 0.2) is 0 Å². The molecule has 0 aliphatic carbocycles. The second-order valence-electron chi connectivity index (χ2n) is 5.99. The van der Waals surface area contributed by atoms with Gasteiger partial charge in [-0.15, -0.1) is 0 Å². The van der Waals surface area contributed by atoms with Gasteiger partial charge in [-0.1, -0.05) is 13.3 Å². The third-order valence-corrected chi connectivity index (χ3v) is 4.68. The third kappa shape index (κ3) is 4.87. The molecule has 2 saturated heterocycles. The molecule has 2 fully saturated rings. The monoisotopic (exact) mass is 253 g/mol. The fourth-order valence-electron chi connectivity index (χ4n) is 3.26. The smallest absolute Gasteiger partial charge is 0.0110 e. The summed E-state index contributed by atoms with van der Waals surface area (Å²) in [5.74, 6) is 0.998. The molecular weight excluding hydrogens is 222 g/mol. The van der Waals surface area contributed by atoms with Crippen molar-refractivity contribution in [3.05, 3.63) is 0 Å². The van der Waals surface area contributed by atoms with Gasteiger partial charge < -0.3 is 15.1 Å². The van der Waals surface area contributed by atoms with Crippen molar-refractivity contribution in [1.82, 2.24) is 15.1 Å². The fourth-order valence-corrected chi connectivity index (χ4v) is 3.26. The van der Waals surface area contributed by atoms with Crippen LogP contribution in [0.15, 0.2) is 0 Å². The Hall–Kier alpha value is -0.120. The quantitative estimate of drug-likeness (QED) is 0.824. The molecule has 2 aliphatic rings. The van der Waals surface area contributed by atoms with Gasteiger partial charge in [0.2, 0.25) is 0 Å². The van der Waals surface area contributed by atoms with Crippen molar-refractivity contribution in [2.75, 3.05) is 52.4 Å².